The minimum absolute atomic E-state index is 0.257. The van der Waals surface area contributed by atoms with Gasteiger partial charge in [-0.15, -0.1) is 11.3 Å². The van der Waals surface area contributed by atoms with Crippen LogP contribution in [0.5, 0.6) is 0 Å². The van der Waals surface area contributed by atoms with Crippen LogP contribution in [-0.2, 0) is 0 Å². The molecule has 5 heteroatoms. The van der Waals surface area contributed by atoms with E-state index in [0.29, 0.717) is 0 Å². The van der Waals surface area contributed by atoms with E-state index in [4.69, 9.17) is 28.6 Å². The van der Waals surface area contributed by atoms with Gasteiger partial charge in [-0.25, -0.2) is 4.99 Å². The van der Waals surface area contributed by atoms with Crippen LogP contribution in [0.3, 0.4) is 0 Å². The maximum Gasteiger partial charge on any atom is 0.216 e. The first-order chi connectivity index (χ1) is 7.18. The van der Waals surface area contributed by atoms with Crippen LogP contribution < -0.4 is 0 Å². The average Bonchev–Trinajstić information content (AvgIpc) is 2.59. The summed E-state index contributed by atoms with van der Waals surface area (Å²) in [7, 11) is 0. The lowest BCUT2D eigenvalue weighted by Crippen LogP contribution is -1.91. The number of hydrogen-bond donors (Lipinski definition) is 1. The van der Waals surface area contributed by atoms with Gasteiger partial charge in [0.1, 0.15) is 5.17 Å². The van der Waals surface area contributed by atoms with Crippen LogP contribution in [0.2, 0.25) is 0 Å². The van der Waals surface area contributed by atoms with Crippen molar-refractivity contribution in [1.82, 2.24) is 0 Å². The molecule has 0 unspecified atom stereocenters. The molecule has 1 aromatic heterocycles. The second-order valence-corrected chi connectivity index (χ2v) is 4.47. The summed E-state index contributed by atoms with van der Waals surface area (Å²) in [5.74, 6) is 0. The van der Waals surface area contributed by atoms with Gasteiger partial charge in [-0.2, -0.15) is 0 Å². The molecule has 0 radical (unpaired) electrons. The summed E-state index contributed by atoms with van der Waals surface area (Å²) in [5.41, 5.74) is 0.822. The monoisotopic (exact) mass is 256 g/mol. The van der Waals surface area contributed by atoms with Gasteiger partial charge in [0, 0.05) is 21.0 Å². The van der Waals surface area contributed by atoms with Crippen LogP contribution in [0.25, 0.3) is 10.1 Å². The number of benzene rings is 1. The van der Waals surface area contributed by atoms with Gasteiger partial charge in [-0.1, -0.05) is 29.8 Å². The molecule has 2 aromatic rings. The molecule has 1 heterocycles. The van der Waals surface area contributed by atoms with E-state index in [9.17, 15) is 0 Å². The Labute approximate surface area is 101 Å². The third-order valence-electron chi connectivity index (χ3n) is 1.90. The lowest BCUT2D eigenvalue weighted by Gasteiger charge is -1.94. The van der Waals surface area contributed by atoms with Crippen LogP contribution in [-0.4, -0.2) is 10.5 Å². The van der Waals surface area contributed by atoms with Crippen molar-refractivity contribution in [2.75, 3.05) is 0 Å². The Balaban J connectivity index is 2.57. The number of halogens is 2. The average molecular weight is 257 g/mol. The maximum absolute atomic E-state index is 7.03. The molecule has 76 valence electrons. The zero-order valence-corrected chi connectivity index (χ0v) is 9.83. The third kappa shape index (κ3) is 2.20. The van der Waals surface area contributed by atoms with Gasteiger partial charge < -0.3 is 0 Å². The van der Waals surface area contributed by atoms with E-state index in [1.54, 1.807) is 11.3 Å². The molecule has 15 heavy (non-hydrogen) atoms. The highest BCUT2D eigenvalue weighted by Crippen LogP contribution is 2.27. The Hall–Kier alpha value is -0.900. The number of nitrogens with one attached hydrogen (secondary N) is 1. The van der Waals surface area contributed by atoms with Crippen molar-refractivity contribution in [2.24, 2.45) is 4.99 Å². The van der Waals surface area contributed by atoms with E-state index in [-0.39, 0.29) is 10.5 Å². The number of thiophene rings is 1. The molecule has 2 nitrogen and oxygen atoms in total. The van der Waals surface area contributed by atoms with Gasteiger partial charge in [-0.3, -0.25) is 5.41 Å². The van der Waals surface area contributed by atoms with Crippen LogP contribution in [0.15, 0.2) is 34.6 Å². The first-order valence-electron chi connectivity index (χ1n) is 4.13. The molecule has 0 aliphatic heterocycles. The molecule has 2 rings (SSSR count). The summed E-state index contributed by atoms with van der Waals surface area (Å²) in [5, 5.41) is 9.93. The fraction of sp³-hybridized carbons (Fsp3) is 0. The van der Waals surface area contributed by atoms with Crippen LogP contribution >= 0.6 is 34.5 Å². The third-order valence-corrected chi connectivity index (χ3v) is 3.24. The van der Waals surface area contributed by atoms with E-state index in [2.05, 4.69) is 4.99 Å². The number of fused-ring (bicyclic) bond motifs is 1. The highest BCUT2D eigenvalue weighted by molar-refractivity contribution is 7.17. The number of rotatable bonds is 1. The summed E-state index contributed by atoms with van der Waals surface area (Å²) < 4.78 is 1.14. The Morgan fingerprint density at radius 1 is 1.27 bits per heavy atom. The molecule has 1 aromatic carbocycles. The van der Waals surface area contributed by atoms with Gasteiger partial charge in [0.2, 0.25) is 5.29 Å². The van der Waals surface area contributed by atoms with E-state index in [1.165, 1.54) is 0 Å². The minimum Gasteiger partial charge on any atom is -0.272 e. The molecule has 0 atom stereocenters. The largest absolute Gasteiger partial charge is 0.272 e. The summed E-state index contributed by atoms with van der Waals surface area (Å²) >= 11 is 12.9. The van der Waals surface area contributed by atoms with Gasteiger partial charge in [0.05, 0.1) is 0 Å². The molecular formula is C10H6Cl2N2S. The normalized spacial score (nSPS) is 12.0. The first kappa shape index (κ1) is 10.6. The predicted octanol–water partition coefficient (Wildman–Crippen LogP) is 4.06. The quantitative estimate of drug-likeness (QED) is 0.454. The molecule has 0 aliphatic carbocycles. The zero-order chi connectivity index (χ0) is 10.8. The molecule has 0 saturated heterocycles. The molecule has 0 spiro atoms. The maximum atomic E-state index is 7.03. The summed E-state index contributed by atoms with van der Waals surface area (Å²) in [6.07, 6.45) is 0. The fourth-order valence-corrected chi connectivity index (χ4v) is 2.66. The van der Waals surface area contributed by atoms with Crippen LogP contribution in [0.1, 0.15) is 5.56 Å². The predicted molar refractivity (Wildman–Crippen MR) is 67.8 cm³/mol. The van der Waals surface area contributed by atoms with E-state index < -0.39 is 0 Å². The minimum atomic E-state index is -0.310. The highest BCUT2D eigenvalue weighted by Gasteiger charge is 2.07. The SMILES string of the molecule is N=C(Cl)/N=C(/Cl)c1csc2ccccc12. The van der Waals surface area contributed by atoms with E-state index in [0.717, 1.165) is 15.6 Å². The summed E-state index contributed by atoms with van der Waals surface area (Å²) in [6.45, 7) is 0. The Morgan fingerprint density at radius 2 is 2.00 bits per heavy atom. The second kappa shape index (κ2) is 4.31. The molecule has 0 aliphatic rings. The van der Waals surface area contributed by atoms with Crippen molar-refractivity contribution in [3.63, 3.8) is 0 Å². The van der Waals surface area contributed by atoms with Gasteiger partial charge >= 0.3 is 0 Å². The van der Waals surface area contributed by atoms with E-state index >= 15 is 0 Å². The number of aliphatic imine (C=N–C) groups is 1. The van der Waals surface area contributed by atoms with Crippen LogP contribution in [0.4, 0.5) is 0 Å². The number of nitrogens with zero attached hydrogens (tertiary/aromatic N) is 1. The van der Waals surface area contributed by atoms with Crippen molar-refractivity contribution in [3.05, 3.63) is 35.2 Å². The zero-order valence-electron chi connectivity index (χ0n) is 7.50. The van der Waals surface area contributed by atoms with Crippen molar-refractivity contribution in [1.29, 1.82) is 5.41 Å². The summed E-state index contributed by atoms with van der Waals surface area (Å²) in [4.78, 5) is 3.71. The number of amidine groups is 1. The van der Waals surface area contributed by atoms with Crippen LogP contribution in [0, 0.1) is 5.41 Å². The topological polar surface area (TPSA) is 36.2 Å². The molecule has 0 saturated carbocycles. The molecule has 1 N–H and O–H groups in total. The van der Waals surface area contributed by atoms with Gasteiger partial charge in [0.25, 0.3) is 0 Å². The van der Waals surface area contributed by atoms with Gasteiger partial charge in [-0.05, 0) is 17.7 Å². The molecule has 0 amide bonds. The van der Waals surface area contributed by atoms with E-state index in [1.807, 2.05) is 29.6 Å². The highest BCUT2D eigenvalue weighted by atomic mass is 35.5. The Bertz CT molecular complexity index is 545. The molecule has 0 bridgehead atoms. The van der Waals surface area contributed by atoms with Crippen molar-refractivity contribution in [2.45, 2.75) is 0 Å². The lowest BCUT2D eigenvalue weighted by atomic mass is 10.2. The second-order valence-electron chi connectivity index (χ2n) is 2.84. The van der Waals surface area contributed by atoms with Gasteiger partial charge in [0.15, 0.2) is 0 Å². The molecular weight excluding hydrogens is 251 g/mol. The summed E-state index contributed by atoms with van der Waals surface area (Å²) in [6, 6.07) is 7.89. The Morgan fingerprint density at radius 3 is 2.73 bits per heavy atom. The molecule has 0 fully saturated rings. The first-order valence-corrected chi connectivity index (χ1v) is 5.77. The smallest absolute Gasteiger partial charge is 0.216 e. The standard InChI is InChI=1S/C10H6Cl2N2S/c11-9(14-10(12)13)7-5-15-8-4-2-1-3-6(7)8/h1-5,13H/b13-10?,14-9+. The van der Waals surface area contributed by atoms with Crippen molar-refractivity contribution < 1.29 is 0 Å². The van der Waals surface area contributed by atoms with Crippen molar-refractivity contribution in [3.8, 4) is 0 Å². The fourth-order valence-electron chi connectivity index (χ4n) is 1.28. The number of hydrogen-bond acceptors (Lipinski definition) is 2. The lowest BCUT2D eigenvalue weighted by molar-refractivity contribution is 1.50. The Kier molecular flexibility index (Phi) is 3.05. The van der Waals surface area contributed by atoms with Crippen molar-refractivity contribution >= 4 is 55.1 Å².